The van der Waals surface area contributed by atoms with E-state index >= 15 is 0 Å². The maximum Gasteiger partial charge on any atom is 0.320 e. The number of hydrogen-bond donors (Lipinski definition) is 0. The molecule has 0 N–H and O–H groups in total. The number of methoxy groups -OCH3 is 1. The summed E-state index contributed by atoms with van der Waals surface area (Å²) < 4.78 is 5.33. The number of unbranched alkanes of at least 4 members (excludes halogenated alkanes) is 1. The molecule has 2 fully saturated rings. The maximum atomic E-state index is 13.9. The first-order valence-corrected chi connectivity index (χ1v) is 13.8. The molecule has 1 spiro atoms. The predicted molar refractivity (Wildman–Crippen MR) is 147 cm³/mol. The molecule has 1 atom stereocenters. The summed E-state index contributed by atoms with van der Waals surface area (Å²) in [6.45, 7) is 6.90. The Morgan fingerprint density at radius 3 is 2.25 bits per heavy atom. The van der Waals surface area contributed by atoms with Gasteiger partial charge in [-0.3, -0.25) is 4.90 Å². The third-order valence-electron chi connectivity index (χ3n) is 8.81. The molecule has 1 aliphatic heterocycles. The Morgan fingerprint density at radius 2 is 1.67 bits per heavy atom. The van der Waals surface area contributed by atoms with Gasteiger partial charge in [-0.15, -0.1) is 0 Å². The molecule has 1 aliphatic carbocycles. The van der Waals surface area contributed by atoms with E-state index in [9.17, 15) is 4.79 Å². The van der Waals surface area contributed by atoms with Crippen LogP contribution in [0.4, 0.5) is 4.79 Å². The number of amides is 2. The van der Waals surface area contributed by atoms with Gasteiger partial charge in [0.05, 0.1) is 12.6 Å². The third kappa shape index (κ3) is 5.27. The molecule has 2 amide bonds. The standard InChI is InChI=1S/C31H45N3O2/c1-6-7-11-25(2)22-34-29(35)33(23-26-14-16-28(36-5)17-15-26)24-30(34)18-20-31(21-19-30,32(3)4)27-12-9-8-10-13-27/h8-10,12-17,25H,6-7,11,18-24H2,1-5H3/t25?,30-,31+. The first kappa shape index (κ1) is 26.5. The Bertz CT molecular complexity index is 981. The maximum absolute atomic E-state index is 13.9. The molecule has 2 aromatic rings. The van der Waals surface area contributed by atoms with Gasteiger partial charge in [-0.05, 0) is 75.4 Å². The summed E-state index contributed by atoms with van der Waals surface area (Å²) in [4.78, 5) is 20.7. The minimum Gasteiger partial charge on any atom is -0.497 e. The lowest BCUT2D eigenvalue weighted by Gasteiger charge is -2.51. The van der Waals surface area contributed by atoms with Crippen molar-refractivity contribution >= 4 is 6.03 Å². The van der Waals surface area contributed by atoms with E-state index in [0.29, 0.717) is 12.5 Å². The first-order chi connectivity index (χ1) is 17.3. The van der Waals surface area contributed by atoms with E-state index in [-0.39, 0.29) is 17.1 Å². The fraction of sp³-hybridized carbons (Fsp3) is 0.581. The summed E-state index contributed by atoms with van der Waals surface area (Å²) in [6, 6.07) is 19.3. The van der Waals surface area contributed by atoms with E-state index in [0.717, 1.165) is 50.1 Å². The molecule has 36 heavy (non-hydrogen) atoms. The summed E-state index contributed by atoms with van der Waals surface area (Å²) in [5.74, 6) is 1.36. The zero-order chi connectivity index (χ0) is 25.8. The van der Waals surface area contributed by atoms with E-state index in [1.54, 1.807) is 7.11 Å². The largest absolute Gasteiger partial charge is 0.497 e. The van der Waals surface area contributed by atoms with Crippen LogP contribution in [0.1, 0.15) is 69.9 Å². The number of rotatable bonds is 10. The van der Waals surface area contributed by atoms with Crippen molar-refractivity contribution in [3.05, 3.63) is 65.7 Å². The quantitative estimate of drug-likeness (QED) is 0.379. The van der Waals surface area contributed by atoms with Crippen molar-refractivity contribution in [1.29, 1.82) is 0 Å². The molecule has 5 heteroatoms. The molecule has 4 rings (SSSR count). The molecule has 2 aromatic carbocycles. The lowest BCUT2D eigenvalue weighted by molar-refractivity contribution is 0.0203. The van der Waals surface area contributed by atoms with Crippen molar-refractivity contribution < 1.29 is 9.53 Å². The van der Waals surface area contributed by atoms with Gasteiger partial charge in [0.2, 0.25) is 0 Å². The highest BCUT2D eigenvalue weighted by Crippen LogP contribution is 2.49. The van der Waals surface area contributed by atoms with E-state index in [2.05, 4.69) is 85.1 Å². The van der Waals surface area contributed by atoms with Crippen LogP contribution in [0.15, 0.2) is 54.6 Å². The summed E-state index contributed by atoms with van der Waals surface area (Å²) in [5, 5.41) is 0. The Balaban J connectivity index is 1.58. The predicted octanol–water partition coefficient (Wildman–Crippen LogP) is 6.53. The molecule has 1 heterocycles. The van der Waals surface area contributed by atoms with Crippen LogP contribution in [-0.2, 0) is 12.1 Å². The lowest BCUT2D eigenvalue weighted by atomic mass is 9.68. The van der Waals surface area contributed by atoms with Gasteiger partial charge in [-0.1, -0.05) is 69.2 Å². The van der Waals surface area contributed by atoms with Gasteiger partial charge in [0, 0.05) is 25.2 Å². The molecular formula is C31H45N3O2. The second-order valence-corrected chi connectivity index (χ2v) is 11.4. The fourth-order valence-corrected chi connectivity index (χ4v) is 6.48. The van der Waals surface area contributed by atoms with Crippen LogP contribution in [0.5, 0.6) is 5.75 Å². The molecular weight excluding hydrogens is 446 g/mol. The van der Waals surface area contributed by atoms with Crippen LogP contribution in [0.25, 0.3) is 0 Å². The summed E-state index contributed by atoms with van der Waals surface area (Å²) in [5.41, 5.74) is 2.49. The van der Waals surface area contributed by atoms with Gasteiger partial charge in [-0.25, -0.2) is 4.79 Å². The molecule has 0 radical (unpaired) electrons. The Morgan fingerprint density at radius 1 is 1.00 bits per heavy atom. The van der Waals surface area contributed by atoms with Gasteiger partial charge in [-0.2, -0.15) is 0 Å². The molecule has 1 unspecified atom stereocenters. The van der Waals surface area contributed by atoms with Crippen molar-refractivity contribution in [3.63, 3.8) is 0 Å². The molecule has 1 saturated carbocycles. The molecule has 2 aliphatic rings. The highest BCUT2D eigenvalue weighted by atomic mass is 16.5. The minimum atomic E-state index is -0.0850. The van der Waals surface area contributed by atoms with E-state index in [1.807, 2.05) is 12.1 Å². The van der Waals surface area contributed by atoms with Crippen LogP contribution in [-0.4, -0.2) is 60.6 Å². The van der Waals surface area contributed by atoms with E-state index in [4.69, 9.17) is 4.74 Å². The number of hydrogen-bond acceptors (Lipinski definition) is 3. The normalized spacial score (nSPS) is 25.1. The average molecular weight is 492 g/mol. The van der Waals surface area contributed by atoms with Crippen molar-refractivity contribution in [3.8, 4) is 5.75 Å². The van der Waals surface area contributed by atoms with E-state index < -0.39 is 0 Å². The van der Waals surface area contributed by atoms with Crippen LogP contribution in [0, 0.1) is 5.92 Å². The number of benzene rings is 2. The van der Waals surface area contributed by atoms with Crippen molar-refractivity contribution in [2.75, 3.05) is 34.3 Å². The molecule has 0 bridgehead atoms. The summed E-state index contributed by atoms with van der Waals surface area (Å²) in [7, 11) is 6.11. The van der Waals surface area contributed by atoms with Gasteiger partial charge < -0.3 is 14.5 Å². The highest BCUT2D eigenvalue weighted by Gasteiger charge is 2.54. The molecule has 5 nitrogen and oxygen atoms in total. The molecule has 1 saturated heterocycles. The number of urea groups is 1. The fourth-order valence-electron chi connectivity index (χ4n) is 6.48. The topological polar surface area (TPSA) is 36.0 Å². The second-order valence-electron chi connectivity index (χ2n) is 11.4. The zero-order valence-corrected chi connectivity index (χ0v) is 23.0. The van der Waals surface area contributed by atoms with Crippen LogP contribution < -0.4 is 4.74 Å². The zero-order valence-electron chi connectivity index (χ0n) is 23.0. The molecule has 0 aromatic heterocycles. The average Bonchev–Trinajstić information content (AvgIpc) is 3.14. The Labute approximate surface area is 218 Å². The van der Waals surface area contributed by atoms with Crippen LogP contribution >= 0.6 is 0 Å². The lowest BCUT2D eigenvalue weighted by Crippen LogP contribution is -2.56. The number of carbonyl (C=O) groups is 1. The van der Waals surface area contributed by atoms with Crippen molar-refractivity contribution in [2.45, 2.75) is 76.4 Å². The van der Waals surface area contributed by atoms with Gasteiger partial charge >= 0.3 is 6.03 Å². The van der Waals surface area contributed by atoms with E-state index in [1.165, 1.54) is 24.8 Å². The van der Waals surface area contributed by atoms with Gasteiger partial charge in [0.1, 0.15) is 5.75 Å². The Kier molecular flexibility index (Phi) is 8.29. The first-order valence-electron chi connectivity index (χ1n) is 13.8. The van der Waals surface area contributed by atoms with Crippen molar-refractivity contribution in [1.82, 2.24) is 14.7 Å². The summed E-state index contributed by atoms with van der Waals surface area (Å²) in [6.07, 6.45) is 7.80. The number of nitrogens with zero attached hydrogens (tertiary/aromatic N) is 3. The van der Waals surface area contributed by atoms with Crippen LogP contribution in [0.2, 0.25) is 0 Å². The minimum absolute atomic E-state index is 0.0262. The highest BCUT2D eigenvalue weighted by molar-refractivity contribution is 5.78. The monoisotopic (exact) mass is 491 g/mol. The van der Waals surface area contributed by atoms with Gasteiger partial charge in [0.25, 0.3) is 0 Å². The third-order valence-corrected chi connectivity index (χ3v) is 8.81. The summed E-state index contributed by atoms with van der Waals surface area (Å²) >= 11 is 0. The molecule has 196 valence electrons. The number of ether oxygens (including phenoxy) is 1. The smallest absolute Gasteiger partial charge is 0.320 e. The second kappa shape index (κ2) is 11.2. The van der Waals surface area contributed by atoms with Crippen LogP contribution in [0.3, 0.4) is 0 Å². The number of carbonyl (C=O) groups excluding carboxylic acids is 1. The Hall–Kier alpha value is -2.53. The van der Waals surface area contributed by atoms with Gasteiger partial charge in [0.15, 0.2) is 0 Å². The van der Waals surface area contributed by atoms with Crippen molar-refractivity contribution in [2.24, 2.45) is 5.92 Å². The SMILES string of the molecule is CCCCC(C)CN1C(=O)N(Cc2ccc(OC)cc2)C[C@]12CC[C@](c1ccccc1)(N(C)C)CC2.